The summed E-state index contributed by atoms with van der Waals surface area (Å²) in [5.41, 5.74) is 0.612. The summed E-state index contributed by atoms with van der Waals surface area (Å²) in [5.74, 6) is -0.196. The molecular weight excluding hydrogens is 364 g/mol. The van der Waals surface area contributed by atoms with Crippen molar-refractivity contribution in [1.29, 1.82) is 0 Å². The van der Waals surface area contributed by atoms with Crippen LogP contribution in [-0.4, -0.2) is 28.0 Å². The van der Waals surface area contributed by atoms with E-state index in [1.54, 1.807) is 6.92 Å². The summed E-state index contributed by atoms with van der Waals surface area (Å²) in [6.45, 7) is 11.2. The zero-order valence-corrected chi connectivity index (χ0v) is 18.9. The molecule has 0 N–H and O–H groups in total. The van der Waals surface area contributed by atoms with Gasteiger partial charge in [0.2, 0.25) is 0 Å². The summed E-state index contributed by atoms with van der Waals surface area (Å²) in [4.78, 5) is 11.7. The maximum absolute atomic E-state index is 11.7. The number of ether oxygens (including phenoxy) is 1. The lowest BCUT2D eigenvalue weighted by atomic mass is 10.1. The van der Waals surface area contributed by atoms with Crippen LogP contribution in [0.5, 0.6) is 0 Å². The van der Waals surface area contributed by atoms with Crippen molar-refractivity contribution in [2.75, 3.05) is 13.7 Å². The van der Waals surface area contributed by atoms with E-state index in [2.05, 4.69) is 76.2 Å². The summed E-state index contributed by atoms with van der Waals surface area (Å²) in [5, 5.41) is 2.46. The molecule has 0 radical (unpaired) electrons. The number of carbonyl (C=O) groups excluding carboxylic acids is 1. The van der Waals surface area contributed by atoms with Gasteiger partial charge in [-0.3, -0.25) is 0 Å². The summed E-state index contributed by atoms with van der Waals surface area (Å²) >= 11 is 0. The van der Waals surface area contributed by atoms with Crippen molar-refractivity contribution in [3.05, 3.63) is 72.3 Å². The van der Waals surface area contributed by atoms with Crippen LogP contribution in [0.15, 0.2) is 72.3 Å². The van der Waals surface area contributed by atoms with E-state index in [0.717, 1.165) is 0 Å². The van der Waals surface area contributed by atoms with E-state index in [0.29, 0.717) is 12.2 Å². The molecule has 1 atom stereocenters. The van der Waals surface area contributed by atoms with Crippen molar-refractivity contribution < 1.29 is 14.0 Å². The summed E-state index contributed by atoms with van der Waals surface area (Å²) in [7, 11) is -1.14. The molecule has 0 amide bonds. The quantitative estimate of drug-likeness (QED) is 0.397. The number of esters is 1. The third-order valence-electron chi connectivity index (χ3n) is 5.02. The van der Waals surface area contributed by atoms with Gasteiger partial charge in [-0.25, -0.2) is 4.79 Å². The van der Waals surface area contributed by atoms with Crippen LogP contribution in [0, 0.1) is 5.92 Å². The lowest BCUT2D eigenvalue weighted by molar-refractivity contribution is -0.136. The van der Waals surface area contributed by atoms with Crippen molar-refractivity contribution in [3.8, 4) is 0 Å². The zero-order valence-electron chi connectivity index (χ0n) is 17.9. The molecule has 0 saturated carbocycles. The number of carbonyl (C=O) groups is 1. The molecule has 0 heterocycles. The van der Waals surface area contributed by atoms with E-state index >= 15 is 0 Å². The molecule has 0 bridgehead atoms. The van der Waals surface area contributed by atoms with Gasteiger partial charge >= 0.3 is 5.97 Å². The van der Waals surface area contributed by atoms with Crippen LogP contribution in [0.25, 0.3) is 0 Å². The minimum Gasteiger partial charge on any atom is -0.466 e. The summed E-state index contributed by atoms with van der Waals surface area (Å²) < 4.78 is 11.7. The molecule has 0 saturated heterocycles. The first-order valence-corrected chi connectivity index (χ1v) is 11.6. The molecule has 0 spiro atoms. The lowest BCUT2D eigenvalue weighted by Crippen LogP contribution is -2.66. The van der Waals surface area contributed by atoms with Gasteiger partial charge in [-0.05, 0) is 28.3 Å². The normalized spacial score (nSPS) is 13.9. The maximum atomic E-state index is 11.7. The molecule has 2 rings (SSSR count). The van der Waals surface area contributed by atoms with E-state index < -0.39 is 8.32 Å². The molecule has 0 aliphatic rings. The Morgan fingerprint density at radius 2 is 1.46 bits per heavy atom. The first-order valence-electron chi connectivity index (χ1n) is 9.74. The molecule has 0 unspecified atom stereocenters. The fraction of sp³-hybridized carbons (Fsp3) is 0.375. The van der Waals surface area contributed by atoms with Crippen molar-refractivity contribution >= 4 is 24.7 Å². The van der Waals surface area contributed by atoms with Crippen LogP contribution in [0.1, 0.15) is 34.6 Å². The highest BCUT2D eigenvalue weighted by molar-refractivity contribution is 6.99. The van der Waals surface area contributed by atoms with Gasteiger partial charge in [0.1, 0.15) is 0 Å². The smallest absolute Gasteiger partial charge is 0.333 e. The highest BCUT2D eigenvalue weighted by Crippen LogP contribution is 2.37. The minimum atomic E-state index is -2.54. The van der Waals surface area contributed by atoms with Gasteiger partial charge in [0.25, 0.3) is 8.32 Å². The van der Waals surface area contributed by atoms with Crippen LogP contribution >= 0.6 is 0 Å². The second-order valence-corrected chi connectivity index (χ2v) is 12.6. The number of rotatable bonds is 7. The predicted octanol–water partition coefficient (Wildman–Crippen LogP) is 4.32. The number of methoxy groups -OCH3 is 1. The van der Waals surface area contributed by atoms with Gasteiger partial charge in [-0.2, -0.15) is 0 Å². The Kier molecular flexibility index (Phi) is 7.39. The van der Waals surface area contributed by atoms with Gasteiger partial charge in [-0.1, -0.05) is 94.4 Å². The molecule has 4 heteroatoms. The van der Waals surface area contributed by atoms with Gasteiger partial charge < -0.3 is 9.16 Å². The van der Waals surface area contributed by atoms with E-state index in [1.807, 2.05) is 18.2 Å². The van der Waals surface area contributed by atoms with E-state index in [1.165, 1.54) is 17.5 Å². The second kappa shape index (κ2) is 9.35. The van der Waals surface area contributed by atoms with Gasteiger partial charge in [0.05, 0.1) is 7.11 Å². The van der Waals surface area contributed by atoms with Crippen molar-refractivity contribution in [2.24, 2.45) is 5.92 Å². The average molecular weight is 397 g/mol. The molecule has 0 aromatic heterocycles. The molecule has 0 fully saturated rings. The van der Waals surface area contributed by atoms with Gasteiger partial charge in [0, 0.05) is 12.2 Å². The van der Waals surface area contributed by atoms with Crippen molar-refractivity contribution in [2.45, 2.75) is 39.7 Å². The van der Waals surface area contributed by atoms with Gasteiger partial charge in [0.15, 0.2) is 0 Å². The van der Waals surface area contributed by atoms with Crippen molar-refractivity contribution in [1.82, 2.24) is 0 Å². The Morgan fingerprint density at radius 3 is 1.86 bits per heavy atom. The maximum Gasteiger partial charge on any atom is 0.333 e. The molecule has 2 aromatic rings. The lowest BCUT2D eigenvalue weighted by Gasteiger charge is -2.43. The third-order valence-corrected chi connectivity index (χ3v) is 10.0. The van der Waals surface area contributed by atoms with Crippen LogP contribution in [0.3, 0.4) is 0 Å². The highest BCUT2D eigenvalue weighted by atomic mass is 28.4. The van der Waals surface area contributed by atoms with Crippen LogP contribution < -0.4 is 10.4 Å². The molecular formula is C24H32O3Si. The SMILES string of the molecule is COC(=O)/C(C)=C/[C@H](C)CO[Si](c1ccccc1)(c1ccccc1)C(C)(C)C. The molecule has 0 aliphatic heterocycles. The van der Waals surface area contributed by atoms with E-state index in [4.69, 9.17) is 9.16 Å². The molecule has 150 valence electrons. The number of hydrogen-bond acceptors (Lipinski definition) is 3. The first-order chi connectivity index (χ1) is 13.2. The fourth-order valence-electron chi connectivity index (χ4n) is 3.72. The highest BCUT2D eigenvalue weighted by Gasteiger charge is 2.50. The Bertz CT molecular complexity index is 752. The van der Waals surface area contributed by atoms with Crippen LogP contribution in [-0.2, 0) is 14.0 Å². The topological polar surface area (TPSA) is 35.5 Å². The van der Waals surface area contributed by atoms with Gasteiger partial charge in [-0.15, -0.1) is 0 Å². The second-order valence-electron chi connectivity index (χ2n) is 8.29. The molecule has 2 aromatic carbocycles. The van der Waals surface area contributed by atoms with Crippen LogP contribution in [0.2, 0.25) is 5.04 Å². The minimum absolute atomic E-state index is 0.0590. The largest absolute Gasteiger partial charge is 0.466 e. The standard InChI is InChI=1S/C24H32O3Si/c1-19(17-20(2)23(25)26-6)18-27-28(24(3,4)5,21-13-9-7-10-14-21)22-15-11-8-12-16-22/h7-17,19H,18H2,1-6H3/b20-17+/t19-/m0/s1. The summed E-state index contributed by atoms with van der Waals surface area (Å²) in [6, 6.07) is 21.2. The fourth-order valence-corrected chi connectivity index (χ4v) is 8.39. The number of benzene rings is 2. The number of hydrogen-bond donors (Lipinski definition) is 0. The van der Waals surface area contributed by atoms with Crippen LogP contribution in [0.4, 0.5) is 0 Å². The molecule has 28 heavy (non-hydrogen) atoms. The third kappa shape index (κ3) is 4.81. The molecule has 0 aliphatic carbocycles. The monoisotopic (exact) mass is 396 g/mol. The average Bonchev–Trinajstić information content (AvgIpc) is 2.68. The van der Waals surface area contributed by atoms with Crippen molar-refractivity contribution in [3.63, 3.8) is 0 Å². The summed E-state index contributed by atoms with van der Waals surface area (Å²) in [6.07, 6.45) is 1.93. The van der Waals surface area contributed by atoms with E-state index in [9.17, 15) is 4.79 Å². The zero-order chi connectivity index (χ0) is 20.8. The predicted molar refractivity (Wildman–Crippen MR) is 119 cm³/mol. The van der Waals surface area contributed by atoms with E-state index in [-0.39, 0.29) is 16.9 Å². The Labute approximate surface area is 170 Å². The Hall–Kier alpha value is -2.17. The Morgan fingerprint density at radius 1 is 1.00 bits per heavy atom. The first kappa shape index (κ1) is 22.1. The Balaban J connectivity index is 2.46. The molecule has 3 nitrogen and oxygen atoms in total.